The standard InChI is InChI=1S/C12H16ClN/c1-8-2-3-9(7-14)11-5-4-10(13)6-12(8)11/h4-6,8-9H,2-3,7,14H2,1H3. The lowest BCUT2D eigenvalue weighted by Gasteiger charge is -2.29. The average Bonchev–Trinajstić information content (AvgIpc) is 2.19. The van der Waals surface area contributed by atoms with E-state index in [1.807, 2.05) is 6.07 Å². The molecule has 76 valence electrons. The van der Waals surface area contributed by atoms with E-state index in [1.165, 1.54) is 24.0 Å². The molecule has 1 aliphatic carbocycles. The van der Waals surface area contributed by atoms with E-state index in [4.69, 9.17) is 17.3 Å². The van der Waals surface area contributed by atoms with E-state index < -0.39 is 0 Å². The summed E-state index contributed by atoms with van der Waals surface area (Å²) in [6.45, 7) is 3.02. The fraction of sp³-hybridized carbons (Fsp3) is 0.500. The molecule has 2 unspecified atom stereocenters. The topological polar surface area (TPSA) is 26.0 Å². The Morgan fingerprint density at radius 2 is 2.14 bits per heavy atom. The van der Waals surface area contributed by atoms with E-state index >= 15 is 0 Å². The summed E-state index contributed by atoms with van der Waals surface area (Å²) in [5, 5.41) is 0.841. The molecule has 0 aliphatic heterocycles. The van der Waals surface area contributed by atoms with Gasteiger partial charge in [-0.05, 0) is 54.5 Å². The molecule has 0 heterocycles. The lowest BCUT2D eigenvalue weighted by Crippen LogP contribution is -2.19. The van der Waals surface area contributed by atoms with Gasteiger partial charge < -0.3 is 5.73 Å². The number of hydrogen-bond donors (Lipinski definition) is 1. The summed E-state index contributed by atoms with van der Waals surface area (Å²) in [5.74, 6) is 1.17. The lowest BCUT2D eigenvalue weighted by atomic mass is 9.77. The summed E-state index contributed by atoms with van der Waals surface area (Å²) < 4.78 is 0. The minimum Gasteiger partial charge on any atom is -0.330 e. The first-order valence-electron chi connectivity index (χ1n) is 5.21. The van der Waals surface area contributed by atoms with Gasteiger partial charge in [-0.15, -0.1) is 0 Å². The van der Waals surface area contributed by atoms with Gasteiger partial charge in [0, 0.05) is 5.02 Å². The summed E-state index contributed by atoms with van der Waals surface area (Å²) in [6.07, 6.45) is 2.45. The highest BCUT2D eigenvalue weighted by molar-refractivity contribution is 6.30. The van der Waals surface area contributed by atoms with Crippen molar-refractivity contribution in [3.63, 3.8) is 0 Å². The molecule has 1 aromatic carbocycles. The molecule has 2 atom stereocenters. The van der Waals surface area contributed by atoms with Crippen LogP contribution >= 0.6 is 11.6 Å². The first kappa shape index (κ1) is 10.0. The second kappa shape index (κ2) is 3.92. The van der Waals surface area contributed by atoms with Gasteiger partial charge >= 0.3 is 0 Å². The Labute approximate surface area is 90.3 Å². The highest BCUT2D eigenvalue weighted by Gasteiger charge is 2.23. The quantitative estimate of drug-likeness (QED) is 0.755. The van der Waals surface area contributed by atoms with Crippen LogP contribution in [0.25, 0.3) is 0 Å². The number of fused-ring (bicyclic) bond motifs is 1. The summed E-state index contributed by atoms with van der Waals surface area (Å²) >= 11 is 6.00. The molecule has 2 heteroatoms. The minimum atomic E-state index is 0.540. The molecule has 0 radical (unpaired) electrons. The molecular weight excluding hydrogens is 194 g/mol. The summed E-state index contributed by atoms with van der Waals surface area (Å²) in [5.41, 5.74) is 8.58. The Hall–Kier alpha value is -0.530. The molecule has 0 aromatic heterocycles. The van der Waals surface area contributed by atoms with Crippen molar-refractivity contribution in [3.8, 4) is 0 Å². The zero-order valence-corrected chi connectivity index (χ0v) is 9.22. The van der Waals surface area contributed by atoms with Crippen LogP contribution in [0.5, 0.6) is 0 Å². The maximum absolute atomic E-state index is 6.00. The van der Waals surface area contributed by atoms with Crippen molar-refractivity contribution in [3.05, 3.63) is 34.3 Å². The molecule has 2 rings (SSSR count). The molecule has 14 heavy (non-hydrogen) atoms. The van der Waals surface area contributed by atoms with Crippen molar-refractivity contribution in [2.45, 2.75) is 31.6 Å². The zero-order chi connectivity index (χ0) is 10.1. The van der Waals surface area contributed by atoms with Crippen molar-refractivity contribution >= 4 is 11.6 Å². The molecular formula is C12H16ClN. The first-order chi connectivity index (χ1) is 6.72. The lowest BCUT2D eigenvalue weighted by molar-refractivity contribution is 0.508. The number of benzene rings is 1. The van der Waals surface area contributed by atoms with Gasteiger partial charge in [0.05, 0.1) is 0 Å². The van der Waals surface area contributed by atoms with E-state index in [9.17, 15) is 0 Å². The maximum atomic E-state index is 6.00. The van der Waals surface area contributed by atoms with Crippen LogP contribution in [-0.2, 0) is 0 Å². The molecule has 0 amide bonds. The monoisotopic (exact) mass is 209 g/mol. The molecule has 1 aliphatic rings. The fourth-order valence-electron chi connectivity index (χ4n) is 2.35. The van der Waals surface area contributed by atoms with Crippen molar-refractivity contribution in [1.82, 2.24) is 0 Å². The van der Waals surface area contributed by atoms with Crippen LogP contribution in [0.2, 0.25) is 5.02 Å². The average molecular weight is 210 g/mol. The van der Waals surface area contributed by atoms with E-state index in [2.05, 4.69) is 19.1 Å². The van der Waals surface area contributed by atoms with Crippen LogP contribution in [0.1, 0.15) is 42.7 Å². The van der Waals surface area contributed by atoms with Crippen LogP contribution in [-0.4, -0.2) is 6.54 Å². The van der Waals surface area contributed by atoms with Crippen molar-refractivity contribution in [2.24, 2.45) is 5.73 Å². The molecule has 1 nitrogen and oxygen atoms in total. The highest BCUT2D eigenvalue weighted by atomic mass is 35.5. The third-order valence-corrected chi connectivity index (χ3v) is 3.49. The number of rotatable bonds is 1. The third kappa shape index (κ3) is 1.67. The Morgan fingerprint density at radius 3 is 2.86 bits per heavy atom. The van der Waals surface area contributed by atoms with Crippen LogP contribution in [0.15, 0.2) is 18.2 Å². The van der Waals surface area contributed by atoms with Crippen LogP contribution in [0.4, 0.5) is 0 Å². The van der Waals surface area contributed by atoms with Gasteiger partial charge in [-0.25, -0.2) is 0 Å². The van der Waals surface area contributed by atoms with Gasteiger partial charge in [-0.3, -0.25) is 0 Å². The van der Waals surface area contributed by atoms with Gasteiger partial charge in [0.1, 0.15) is 0 Å². The van der Waals surface area contributed by atoms with E-state index in [-0.39, 0.29) is 0 Å². The molecule has 1 aromatic rings. The molecule has 0 bridgehead atoms. The minimum absolute atomic E-state index is 0.540. The summed E-state index contributed by atoms with van der Waals surface area (Å²) in [7, 11) is 0. The maximum Gasteiger partial charge on any atom is 0.0409 e. The van der Waals surface area contributed by atoms with Gasteiger partial charge in [0.2, 0.25) is 0 Å². The number of nitrogens with two attached hydrogens (primary N) is 1. The van der Waals surface area contributed by atoms with Gasteiger partial charge in [-0.1, -0.05) is 24.6 Å². The Kier molecular flexibility index (Phi) is 2.80. The number of halogens is 1. The number of hydrogen-bond acceptors (Lipinski definition) is 1. The van der Waals surface area contributed by atoms with Crippen LogP contribution in [0, 0.1) is 0 Å². The predicted octanol–water partition coefficient (Wildman–Crippen LogP) is 3.28. The van der Waals surface area contributed by atoms with E-state index in [0.29, 0.717) is 11.8 Å². The van der Waals surface area contributed by atoms with Crippen molar-refractivity contribution in [2.75, 3.05) is 6.54 Å². The first-order valence-corrected chi connectivity index (χ1v) is 5.59. The van der Waals surface area contributed by atoms with E-state index in [1.54, 1.807) is 0 Å². The van der Waals surface area contributed by atoms with Crippen molar-refractivity contribution in [1.29, 1.82) is 0 Å². The van der Waals surface area contributed by atoms with Gasteiger partial charge in [-0.2, -0.15) is 0 Å². The Morgan fingerprint density at radius 1 is 1.36 bits per heavy atom. The van der Waals surface area contributed by atoms with Crippen molar-refractivity contribution < 1.29 is 0 Å². The molecule has 0 saturated heterocycles. The second-order valence-electron chi connectivity index (χ2n) is 4.18. The zero-order valence-electron chi connectivity index (χ0n) is 8.46. The fourth-order valence-corrected chi connectivity index (χ4v) is 2.53. The Balaban J connectivity index is 2.45. The van der Waals surface area contributed by atoms with Crippen LogP contribution < -0.4 is 5.73 Å². The molecule has 0 spiro atoms. The van der Waals surface area contributed by atoms with Gasteiger partial charge in [0.15, 0.2) is 0 Å². The third-order valence-electron chi connectivity index (χ3n) is 3.25. The smallest absolute Gasteiger partial charge is 0.0409 e. The van der Waals surface area contributed by atoms with E-state index in [0.717, 1.165) is 11.6 Å². The SMILES string of the molecule is CC1CCC(CN)c2ccc(Cl)cc21. The highest BCUT2D eigenvalue weighted by Crippen LogP contribution is 2.38. The molecule has 0 fully saturated rings. The largest absolute Gasteiger partial charge is 0.330 e. The predicted molar refractivity (Wildman–Crippen MR) is 60.9 cm³/mol. The van der Waals surface area contributed by atoms with Gasteiger partial charge in [0.25, 0.3) is 0 Å². The summed E-state index contributed by atoms with van der Waals surface area (Å²) in [4.78, 5) is 0. The Bertz CT molecular complexity index is 335. The van der Waals surface area contributed by atoms with Crippen LogP contribution in [0.3, 0.4) is 0 Å². The molecule has 2 N–H and O–H groups in total. The summed E-state index contributed by atoms with van der Waals surface area (Å²) in [6, 6.07) is 6.22. The second-order valence-corrected chi connectivity index (χ2v) is 4.62. The normalized spacial score (nSPS) is 25.9. The molecule has 0 saturated carbocycles.